The second-order valence-corrected chi connectivity index (χ2v) is 6.96. The van der Waals surface area contributed by atoms with Gasteiger partial charge in [0, 0.05) is 0 Å². The molecule has 26 heavy (non-hydrogen) atoms. The zero-order chi connectivity index (χ0) is 20.3. The highest BCUT2D eigenvalue weighted by atomic mass is 32.2. The molecule has 0 spiro atoms. The first-order valence-corrected chi connectivity index (χ1v) is 9.49. The minimum absolute atomic E-state index is 0.264. The third-order valence-electron chi connectivity index (χ3n) is 3.45. The van der Waals surface area contributed by atoms with Crippen molar-refractivity contribution in [1.29, 1.82) is 0 Å². The summed E-state index contributed by atoms with van der Waals surface area (Å²) in [5.74, 6) is -2.81. The SMILES string of the molecule is CSCCC(NC(=O)CNC(=O)C(NC(=O)C(N)CO)C(C)C)C(=O)O. The molecular weight excluding hydrogens is 364 g/mol. The Bertz CT molecular complexity index is 503. The number of aliphatic hydroxyl groups excluding tert-OH is 1. The fourth-order valence-electron chi connectivity index (χ4n) is 1.89. The summed E-state index contributed by atoms with van der Waals surface area (Å²) in [5, 5.41) is 25.1. The lowest BCUT2D eigenvalue weighted by Gasteiger charge is -2.23. The van der Waals surface area contributed by atoms with Gasteiger partial charge in [0.15, 0.2) is 0 Å². The second-order valence-electron chi connectivity index (χ2n) is 5.98. The van der Waals surface area contributed by atoms with Gasteiger partial charge < -0.3 is 31.9 Å². The van der Waals surface area contributed by atoms with Gasteiger partial charge in [-0.2, -0.15) is 11.8 Å². The summed E-state index contributed by atoms with van der Waals surface area (Å²) in [5.41, 5.74) is 5.40. The number of aliphatic hydroxyl groups is 1. The Labute approximate surface area is 156 Å². The predicted molar refractivity (Wildman–Crippen MR) is 97.4 cm³/mol. The number of carboxylic acid groups (broad SMARTS) is 1. The van der Waals surface area contributed by atoms with Gasteiger partial charge in [0.25, 0.3) is 0 Å². The maximum Gasteiger partial charge on any atom is 0.326 e. The van der Waals surface area contributed by atoms with E-state index in [4.69, 9.17) is 15.9 Å². The molecule has 3 amide bonds. The van der Waals surface area contributed by atoms with Crippen LogP contribution in [0.5, 0.6) is 0 Å². The Morgan fingerprint density at radius 3 is 2.19 bits per heavy atom. The van der Waals surface area contributed by atoms with Crippen molar-refractivity contribution in [3.05, 3.63) is 0 Å². The van der Waals surface area contributed by atoms with Crippen LogP contribution in [-0.4, -0.2) is 77.2 Å². The highest BCUT2D eigenvalue weighted by Gasteiger charge is 2.27. The van der Waals surface area contributed by atoms with E-state index in [9.17, 15) is 19.2 Å². The van der Waals surface area contributed by atoms with Gasteiger partial charge in [0.1, 0.15) is 18.1 Å². The summed E-state index contributed by atoms with van der Waals surface area (Å²) in [6.07, 6.45) is 2.09. The number of nitrogens with one attached hydrogen (secondary N) is 3. The quantitative estimate of drug-likeness (QED) is 0.219. The minimum atomic E-state index is -1.15. The smallest absolute Gasteiger partial charge is 0.326 e. The summed E-state index contributed by atoms with van der Waals surface area (Å²) in [6.45, 7) is 2.40. The van der Waals surface area contributed by atoms with Crippen molar-refractivity contribution in [1.82, 2.24) is 16.0 Å². The van der Waals surface area contributed by atoms with E-state index in [0.29, 0.717) is 5.75 Å². The van der Waals surface area contributed by atoms with Crippen molar-refractivity contribution in [2.24, 2.45) is 11.7 Å². The van der Waals surface area contributed by atoms with Crippen LogP contribution in [0.1, 0.15) is 20.3 Å². The number of hydrogen-bond acceptors (Lipinski definition) is 7. The third-order valence-corrected chi connectivity index (χ3v) is 4.09. The predicted octanol–water partition coefficient (Wildman–Crippen LogP) is -2.11. The summed E-state index contributed by atoms with van der Waals surface area (Å²) in [7, 11) is 0. The molecule has 0 aromatic carbocycles. The van der Waals surface area contributed by atoms with E-state index in [1.807, 2.05) is 6.26 Å². The number of thioether (sulfide) groups is 1. The van der Waals surface area contributed by atoms with Gasteiger partial charge >= 0.3 is 5.97 Å². The lowest BCUT2D eigenvalue weighted by Crippen LogP contribution is -2.55. The molecule has 0 heterocycles. The molecule has 3 atom stereocenters. The van der Waals surface area contributed by atoms with Crippen LogP contribution in [0.4, 0.5) is 0 Å². The first-order chi connectivity index (χ1) is 12.1. The Hall–Kier alpha value is -1.85. The van der Waals surface area contributed by atoms with Gasteiger partial charge in [0.2, 0.25) is 17.7 Å². The van der Waals surface area contributed by atoms with Crippen LogP contribution in [0.3, 0.4) is 0 Å². The van der Waals surface area contributed by atoms with Crippen LogP contribution >= 0.6 is 11.8 Å². The van der Waals surface area contributed by atoms with Gasteiger partial charge in [-0.3, -0.25) is 14.4 Å². The van der Waals surface area contributed by atoms with Crippen molar-refractivity contribution in [2.45, 2.75) is 38.4 Å². The molecule has 0 aliphatic carbocycles. The van der Waals surface area contributed by atoms with Crippen LogP contribution in [0.15, 0.2) is 0 Å². The van der Waals surface area contributed by atoms with Gasteiger partial charge in [-0.05, 0) is 24.3 Å². The van der Waals surface area contributed by atoms with Gasteiger partial charge in [-0.1, -0.05) is 13.8 Å². The van der Waals surface area contributed by atoms with Crippen LogP contribution in [0.25, 0.3) is 0 Å². The average Bonchev–Trinajstić information content (AvgIpc) is 2.59. The Morgan fingerprint density at radius 1 is 1.12 bits per heavy atom. The lowest BCUT2D eigenvalue weighted by molar-refractivity contribution is -0.141. The number of aliphatic carboxylic acids is 1. The van der Waals surface area contributed by atoms with E-state index in [-0.39, 0.29) is 12.3 Å². The fraction of sp³-hybridized carbons (Fsp3) is 0.733. The van der Waals surface area contributed by atoms with E-state index in [2.05, 4.69) is 16.0 Å². The largest absolute Gasteiger partial charge is 0.480 e. The Kier molecular flexibility index (Phi) is 11.6. The Morgan fingerprint density at radius 2 is 1.73 bits per heavy atom. The summed E-state index contributed by atoms with van der Waals surface area (Å²) in [6, 6.07) is -3.13. The number of carbonyl (C=O) groups is 4. The third kappa shape index (κ3) is 9.02. The van der Waals surface area contributed by atoms with Crippen LogP contribution < -0.4 is 21.7 Å². The van der Waals surface area contributed by atoms with Gasteiger partial charge in [0.05, 0.1) is 13.2 Å². The molecule has 0 aromatic heterocycles. The molecule has 0 aromatic rings. The lowest BCUT2D eigenvalue weighted by atomic mass is 10.0. The molecule has 0 aliphatic heterocycles. The fourth-order valence-corrected chi connectivity index (χ4v) is 2.37. The molecule has 0 rings (SSSR count). The molecule has 0 saturated heterocycles. The number of carboxylic acids is 1. The standard InChI is InChI=1S/C15H28N4O6S/c1-8(2)12(19-13(22)9(16)7-20)14(23)17-6-11(21)18-10(15(24)25)4-5-26-3/h8-10,12,20H,4-7,16H2,1-3H3,(H,17,23)(H,18,21)(H,19,22)(H,24,25). The van der Waals surface area contributed by atoms with E-state index in [1.54, 1.807) is 13.8 Å². The highest BCUT2D eigenvalue weighted by Crippen LogP contribution is 2.03. The number of rotatable bonds is 12. The van der Waals surface area contributed by atoms with Crippen molar-refractivity contribution < 1.29 is 29.4 Å². The minimum Gasteiger partial charge on any atom is -0.480 e. The summed E-state index contributed by atoms with van der Waals surface area (Å²) >= 11 is 1.46. The van der Waals surface area contributed by atoms with Gasteiger partial charge in [-0.25, -0.2) is 4.79 Å². The molecule has 0 fully saturated rings. The molecule has 3 unspecified atom stereocenters. The molecule has 150 valence electrons. The molecule has 11 heteroatoms. The number of nitrogens with two attached hydrogens (primary N) is 1. The van der Waals surface area contributed by atoms with Gasteiger partial charge in [-0.15, -0.1) is 0 Å². The van der Waals surface area contributed by atoms with Crippen molar-refractivity contribution in [2.75, 3.05) is 25.2 Å². The topological polar surface area (TPSA) is 171 Å². The summed E-state index contributed by atoms with van der Waals surface area (Å²) < 4.78 is 0. The number of amides is 3. The van der Waals surface area contributed by atoms with Crippen molar-refractivity contribution in [3.8, 4) is 0 Å². The molecule has 0 bridgehead atoms. The highest BCUT2D eigenvalue weighted by molar-refractivity contribution is 7.98. The monoisotopic (exact) mass is 392 g/mol. The zero-order valence-electron chi connectivity index (χ0n) is 15.2. The summed E-state index contributed by atoms with van der Waals surface area (Å²) in [4.78, 5) is 46.9. The van der Waals surface area contributed by atoms with E-state index in [1.165, 1.54) is 11.8 Å². The zero-order valence-corrected chi connectivity index (χ0v) is 16.0. The number of hydrogen-bond donors (Lipinski definition) is 6. The molecular formula is C15H28N4O6S. The van der Waals surface area contributed by atoms with E-state index < -0.39 is 55.0 Å². The molecule has 10 nitrogen and oxygen atoms in total. The normalized spacial score (nSPS) is 14.2. The molecule has 0 saturated carbocycles. The molecule has 0 aliphatic rings. The van der Waals surface area contributed by atoms with Crippen molar-refractivity contribution in [3.63, 3.8) is 0 Å². The maximum absolute atomic E-state index is 12.2. The first-order valence-electron chi connectivity index (χ1n) is 8.09. The van der Waals surface area contributed by atoms with E-state index in [0.717, 1.165) is 0 Å². The molecule has 7 N–H and O–H groups in total. The maximum atomic E-state index is 12.2. The van der Waals surface area contributed by atoms with E-state index >= 15 is 0 Å². The number of carbonyl (C=O) groups excluding carboxylic acids is 3. The Balaban J connectivity index is 4.63. The average molecular weight is 392 g/mol. The molecule has 0 radical (unpaired) electrons. The van der Waals surface area contributed by atoms with Crippen molar-refractivity contribution >= 4 is 35.5 Å². The van der Waals surface area contributed by atoms with Crippen LogP contribution in [0, 0.1) is 5.92 Å². The second kappa shape index (κ2) is 12.5. The van der Waals surface area contributed by atoms with Crippen LogP contribution in [-0.2, 0) is 19.2 Å². The first kappa shape index (κ1) is 24.1. The van der Waals surface area contributed by atoms with Crippen LogP contribution in [0.2, 0.25) is 0 Å².